The van der Waals surface area contributed by atoms with E-state index in [1.807, 2.05) is 0 Å². The standard InChI is InChI=1S/C12H10F2N2O3/c1-7(17)15-6-16-5-9(12(18)19-16)8-2-3-10(13)11(14)4-8/h2-5H,6H2,1H3,(H,15,17). The lowest BCUT2D eigenvalue weighted by Crippen LogP contribution is -2.22. The lowest BCUT2D eigenvalue weighted by atomic mass is 10.1. The summed E-state index contributed by atoms with van der Waals surface area (Å²) < 4.78 is 31.8. The van der Waals surface area contributed by atoms with Gasteiger partial charge in [-0.15, -0.1) is 0 Å². The molecule has 0 fully saturated rings. The van der Waals surface area contributed by atoms with Crippen molar-refractivity contribution in [2.75, 3.05) is 0 Å². The van der Waals surface area contributed by atoms with Crippen LogP contribution in [0, 0.1) is 11.6 Å². The fourth-order valence-electron chi connectivity index (χ4n) is 1.50. The monoisotopic (exact) mass is 268 g/mol. The Morgan fingerprint density at radius 3 is 2.74 bits per heavy atom. The Bertz CT molecular complexity index is 676. The van der Waals surface area contributed by atoms with Crippen LogP contribution in [0.2, 0.25) is 0 Å². The first-order valence-corrected chi connectivity index (χ1v) is 5.38. The average molecular weight is 268 g/mol. The molecular formula is C12H10F2N2O3. The van der Waals surface area contributed by atoms with E-state index in [-0.39, 0.29) is 23.7 Å². The van der Waals surface area contributed by atoms with Gasteiger partial charge in [0, 0.05) is 6.92 Å². The van der Waals surface area contributed by atoms with Crippen molar-refractivity contribution in [3.8, 4) is 11.1 Å². The number of hydrogen-bond donors (Lipinski definition) is 1. The summed E-state index contributed by atoms with van der Waals surface area (Å²) >= 11 is 0. The van der Waals surface area contributed by atoms with Gasteiger partial charge in [0.15, 0.2) is 11.6 Å². The predicted octanol–water partition coefficient (Wildman–Crippen LogP) is 1.48. The molecule has 19 heavy (non-hydrogen) atoms. The van der Waals surface area contributed by atoms with Crippen molar-refractivity contribution in [2.45, 2.75) is 13.6 Å². The first-order valence-electron chi connectivity index (χ1n) is 5.38. The van der Waals surface area contributed by atoms with Gasteiger partial charge in [0.25, 0.3) is 0 Å². The summed E-state index contributed by atoms with van der Waals surface area (Å²) in [7, 11) is 0. The predicted molar refractivity (Wildman–Crippen MR) is 62.1 cm³/mol. The second-order valence-corrected chi connectivity index (χ2v) is 3.86. The van der Waals surface area contributed by atoms with E-state index in [4.69, 9.17) is 4.52 Å². The van der Waals surface area contributed by atoms with Crippen LogP contribution in [-0.2, 0) is 11.5 Å². The summed E-state index contributed by atoms with van der Waals surface area (Å²) in [5.74, 6) is -2.33. The van der Waals surface area contributed by atoms with Crippen LogP contribution in [0.3, 0.4) is 0 Å². The number of halogens is 2. The number of hydrogen-bond acceptors (Lipinski definition) is 3. The highest BCUT2D eigenvalue weighted by Crippen LogP contribution is 2.18. The van der Waals surface area contributed by atoms with E-state index < -0.39 is 17.3 Å². The van der Waals surface area contributed by atoms with Crippen molar-refractivity contribution < 1.29 is 18.1 Å². The van der Waals surface area contributed by atoms with E-state index in [9.17, 15) is 18.4 Å². The molecule has 0 saturated heterocycles. The van der Waals surface area contributed by atoms with Crippen molar-refractivity contribution in [3.05, 3.63) is 46.5 Å². The first kappa shape index (κ1) is 13.0. The smallest absolute Gasteiger partial charge is 0.336 e. The van der Waals surface area contributed by atoms with Crippen LogP contribution in [-0.4, -0.2) is 10.6 Å². The Kier molecular flexibility index (Phi) is 3.46. The summed E-state index contributed by atoms with van der Waals surface area (Å²) in [6, 6.07) is 3.10. The largest absolute Gasteiger partial charge is 0.365 e. The normalized spacial score (nSPS) is 10.5. The molecule has 1 aromatic carbocycles. The Morgan fingerprint density at radius 1 is 1.37 bits per heavy atom. The molecule has 0 aliphatic heterocycles. The van der Waals surface area contributed by atoms with E-state index >= 15 is 0 Å². The maximum absolute atomic E-state index is 13.1. The highest BCUT2D eigenvalue weighted by atomic mass is 19.2. The topological polar surface area (TPSA) is 64.2 Å². The van der Waals surface area contributed by atoms with Crippen molar-refractivity contribution in [1.29, 1.82) is 0 Å². The van der Waals surface area contributed by atoms with Crippen molar-refractivity contribution in [3.63, 3.8) is 0 Å². The minimum Gasteiger partial charge on any atom is -0.336 e. The fraction of sp³-hybridized carbons (Fsp3) is 0.167. The molecule has 0 radical (unpaired) electrons. The molecule has 5 nitrogen and oxygen atoms in total. The third-order valence-corrected chi connectivity index (χ3v) is 2.41. The number of rotatable bonds is 3. The third-order valence-electron chi connectivity index (χ3n) is 2.41. The molecule has 0 unspecified atom stereocenters. The third kappa shape index (κ3) is 2.87. The molecule has 1 amide bonds. The van der Waals surface area contributed by atoms with Gasteiger partial charge >= 0.3 is 5.63 Å². The van der Waals surface area contributed by atoms with Gasteiger partial charge < -0.3 is 9.84 Å². The van der Waals surface area contributed by atoms with E-state index in [2.05, 4.69) is 5.32 Å². The number of nitrogens with one attached hydrogen (secondary N) is 1. The zero-order valence-electron chi connectivity index (χ0n) is 9.94. The molecule has 1 N–H and O–H groups in total. The molecule has 0 bridgehead atoms. The first-order chi connectivity index (χ1) is 8.97. The summed E-state index contributed by atoms with van der Waals surface area (Å²) in [6.45, 7) is 1.30. The SMILES string of the molecule is CC(=O)NCn1cc(-c2ccc(F)c(F)c2)c(=O)o1. The molecule has 100 valence electrons. The molecule has 7 heteroatoms. The van der Waals surface area contributed by atoms with Crippen molar-refractivity contribution in [2.24, 2.45) is 0 Å². The lowest BCUT2D eigenvalue weighted by molar-refractivity contribution is -0.119. The number of carbonyl (C=O) groups excluding carboxylic acids is 1. The molecular weight excluding hydrogens is 258 g/mol. The highest BCUT2D eigenvalue weighted by Gasteiger charge is 2.12. The molecule has 0 spiro atoms. The van der Waals surface area contributed by atoms with E-state index in [0.29, 0.717) is 0 Å². The van der Waals surface area contributed by atoms with Crippen LogP contribution in [0.4, 0.5) is 8.78 Å². The van der Waals surface area contributed by atoms with Crippen LogP contribution in [0.15, 0.2) is 33.7 Å². The number of amides is 1. The summed E-state index contributed by atoms with van der Waals surface area (Å²) in [5, 5.41) is 2.43. The van der Waals surface area contributed by atoms with Crippen LogP contribution in [0.25, 0.3) is 11.1 Å². The number of aromatic nitrogens is 1. The Hall–Kier alpha value is -2.44. The van der Waals surface area contributed by atoms with Gasteiger partial charge in [0.05, 0.1) is 11.8 Å². The Balaban J connectivity index is 2.32. The van der Waals surface area contributed by atoms with Gasteiger partial charge in [-0.1, -0.05) is 6.07 Å². The molecule has 1 aromatic heterocycles. The van der Waals surface area contributed by atoms with Crippen LogP contribution in [0.1, 0.15) is 6.92 Å². The maximum Gasteiger partial charge on any atom is 0.365 e. The second-order valence-electron chi connectivity index (χ2n) is 3.86. The van der Waals surface area contributed by atoms with Crippen LogP contribution < -0.4 is 10.9 Å². The summed E-state index contributed by atoms with van der Waals surface area (Å²) in [6.07, 6.45) is 1.31. The van der Waals surface area contributed by atoms with Gasteiger partial charge in [0.1, 0.15) is 6.67 Å². The quantitative estimate of drug-likeness (QED) is 0.917. The number of carbonyl (C=O) groups is 1. The highest BCUT2D eigenvalue weighted by molar-refractivity contribution is 5.72. The summed E-state index contributed by atoms with van der Waals surface area (Å²) in [5.41, 5.74) is -0.408. The molecule has 0 saturated carbocycles. The van der Waals surface area contributed by atoms with Crippen LogP contribution >= 0.6 is 0 Å². The lowest BCUT2D eigenvalue weighted by Gasteiger charge is -2.00. The number of benzene rings is 1. The minimum absolute atomic E-state index is 0.0196. The van der Waals surface area contributed by atoms with Crippen molar-refractivity contribution >= 4 is 5.91 Å². The average Bonchev–Trinajstić information content (AvgIpc) is 2.72. The van der Waals surface area contributed by atoms with Gasteiger partial charge in [-0.05, 0) is 17.7 Å². The number of nitrogens with zero attached hydrogens (tertiary/aromatic N) is 1. The van der Waals surface area contributed by atoms with E-state index in [0.717, 1.165) is 16.9 Å². The molecule has 2 rings (SSSR count). The van der Waals surface area contributed by atoms with Gasteiger partial charge in [-0.25, -0.2) is 13.6 Å². The minimum atomic E-state index is -1.05. The summed E-state index contributed by atoms with van der Waals surface area (Å²) in [4.78, 5) is 22.3. The molecule has 0 atom stereocenters. The Labute approximate surface area is 106 Å². The Morgan fingerprint density at radius 2 is 2.11 bits per heavy atom. The molecule has 0 aliphatic rings. The second kappa shape index (κ2) is 5.05. The molecule has 2 aromatic rings. The zero-order chi connectivity index (χ0) is 14.0. The zero-order valence-corrected chi connectivity index (χ0v) is 9.94. The van der Waals surface area contributed by atoms with Gasteiger partial charge in [-0.2, -0.15) is 4.74 Å². The fourth-order valence-corrected chi connectivity index (χ4v) is 1.50. The molecule has 1 heterocycles. The van der Waals surface area contributed by atoms with Gasteiger partial charge in [0.2, 0.25) is 5.91 Å². The molecule has 0 aliphatic carbocycles. The van der Waals surface area contributed by atoms with E-state index in [1.165, 1.54) is 19.2 Å². The maximum atomic E-state index is 13.1. The van der Waals surface area contributed by atoms with Crippen molar-refractivity contribution in [1.82, 2.24) is 10.1 Å². The van der Waals surface area contributed by atoms with Crippen LogP contribution in [0.5, 0.6) is 0 Å². The van der Waals surface area contributed by atoms with E-state index in [1.54, 1.807) is 0 Å². The van der Waals surface area contributed by atoms with Gasteiger partial charge in [-0.3, -0.25) is 4.79 Å².